The summed E-state index contributed by atoms with van der Waals surface area (Å²) < 4.78 is 7.21. The Morgan fingerprint density at radius 2 is 1.89 bits per heavy atom. The van der Waals surface area contributed by atoms with Gasteiger partial charge < -0.3 is 14.2 Å². The third kappa shape index (κ3) is 4.38. The summed E-state index contributed by atoms with van der Waals surface area (Å²) in [6.07, 6.45) is 4.66. The van der Waals surface area contributed by atoms with Crippen molar-refractivity contribution in [1.82, 2.24) is 14.5 Å². The quantitative estimate of drug-likeness (QED) is 0.291. The summed E-state index contributed by atoms with van der Waals surface area (Å²) in [6, 6.07) is 14.0. The summed E-state index contributed by atoms with van der Waals surface area (Å²) in [5, 5.41) is 1.33. The average Bonchev–Trinajstić information content (AvgIpc) is 3.63. The van der Waals surface area contributed by atoms with E-state index in [1.165, 1.54) is 27.9 Å². The number of thioether (sulfide) groups is 1. The molecule has 7 nitrogen and oxygen atoms in total. The van der Waals surface area contributed by atoms with Gasteiger partial charge in [-0.05, 0) is 49.1 Å². The number of para-hydroxylation sites is 1. The lowest BCUT2D eigenvalue weighted by atomic mass is 10.2. The molecule has 35 heavy (non-hydrogen) atoms. The number of nitrogens with zero attached hydrogens (tertiary/aromatic N) is 4. The Morgan fingerprint density at radius 3 is 2.66 bits per heavy atom. The standard InChI is InChI=1S/C26H26N4O3S2/c31-22(29-13-11-28(12-14-29)18-6-2-1-3-7-18)17-34-26-27-24-23(20-9-4-10-21(20)35-24)25(32)30(26)16-19-8-5-15-33-19/h1-3,5-8,15H,4,9-14,16-17H2. The second kappa shape index (κ2) is 9.54. The molecule has 3 aromatic heterocycles. The number of hydrogen-bond acceptors (Lipinski definition) is 7. The molecule has 0 saturated carbocycles. The number of anilines is 1. The second-order valence-electron chi connectivity index (χ2n) is 8.89. The van der Waals surface area contributed by atoms with Crippen LogP contribution in [0.15, 0.2) is 63.1 Å². The van der Waals surface area contributed by atoms with Crippen LogP contribution in [0.25, 0.3) is 10.2 Å². The lowest BCUT2D eigenvalue weighted by molar-refractivity contribution is -0.128. The van der Waals surface area contributed by atoms with E-state index < -0.39 is 0 Å². The fourth-order valence-corrected chi connectivity index (χ4v) is 7.14. The number of fused-ring (bicyclic) bond motifs is 3. The first-order chi connectivity index (χ1) is 17.2. The molecule has 0 atom stereocenters. The summed E-state index contributed by atoms with van der Waals surface area (Å²) in [5.41, 5.74) is 2.33. The van der Waals surface area contributed by atoms with E-state index in [1.54, 1.807) is 22.2 Å². The largest absolute Gasteiger partial charge is 0.467 e. The zero-order chi connectivity index (χ0) is 23.8. The fourth-order valence-electron chi connectivity index (χ4n) is 4.94. The molecule has 2 aliphatic rings. The van der Waals surface area contributed by atoms with Gasteiger partial charge in [-0.15, -0.1) is 11.3 Å². The summed E-state index contributed by atoms with van der Waals surface area (Å²) in [5.74, 6) is 1.03. The van der Waals surface area contributed by atoms with Crippen LogP contribution in [-0.4, -0.2) is 52.3 Å². The van der Waals surface area contributed by atoms with Gasteiger partial charge in [0.1, 0.15) is 10.6 Å². The van der Waals surface area contributed by atoms with Crippen LogP contribution < -0.4 is 10.5 Å². The smallest absolute Gasteiger partial charge is 0.263 e. The van der Waals surface area contributed by atoms with Crippen LogP contribution in [0, 0.1) is 0 Å². The number of rotatable bonds is 6. The molecule has 1 aromatic carbocycles. The topological polar surface area (TPSA) is 71.6 Å². The van der Waals surface area contributed by atoms with E-state index in [9.17, 15) is 9.59 Å². The van der Waals surface area contributed by atoms with E-state index in [2.05, 4.69) is 17.0 Å². The second-order valence-corrected chi connectivity index (χ2v) is 10.9. The zero-order valence-corrected chi connectivity index (χ0v) is 20.9. The Labute approximate surface area is 211 Å². The Bertz CT molecular complexity index is 1400. The van der Waals surface area contributed by atoms with Gasteiger partial charge in [-0.25, -0.2) is 4.98 Å². The normalized spacial score (nSPS) is 15.7. The molecule has 0 bridgehead atoms. The molecule has 1 aliphatic carbocycles. The number of aromatic nitrogens is 2. The lowest BCUT2D eigenvalue weighted by Crippen LogP contribution is -2.49. The number of carbonyl (C=O) groups excluding carboxylic acids is 1. The van der Waals surface area contributed by atoms with Crippen molar-refractivity contribution in [3.8, 4) is 0 Å². The molecule has 0 N–H and O–H groups in total. The molecule has 6 rings (SSSR count). The number of benzene rings is 1. The first kappa shape index (κ1) is 22.4. The van der Waals surface area contributed by atoms with Gasteiger partial charge in [-0.1, -0.05) is 30.0 Å². The van der Waals surface area contributed by atoms with Crippen LogP contribution in [0.3, 0.4) is 0 Å². The summed E-state index contributed by atoms with van der Waals surface area (Å²) in [4.78, 5) is 37.8. The monoisotopic (exact) mass is 506 g/mol. The molecule has 180 valence electrons. The van der Waals surface area contributed by atoms with Gasteiger partial charge in [-0.2, -0.15) is 0 Å². The highest BCUT2D eigenvalue weighted by molar-refractivity contribution is 7.99. The van der Waals surface area contributed by atoms with Crippen molar-refractivity contribution in [3.05, 3.63) is 75.3 Å². The molecule has 1 fully saturated rings. The van der Waals surface area contributed by atoms with Gasteiger partial charge in [0.15, 0.2) is 5.16 Å². The number of furan rings is 1. The van der Waals surface area contributed by atoms with Gasteiger partial charge >= 0.3 is 0 Å². The molecule has 0 spiro atoms. The van der Waals surface area contributed by atoms with Gasteiger partial charge in [0.25, 0.3) is 5.56 Å². The predicted octanol–water partition coefficient (Wildman–Crippen LogP) is 4.03. The summed E-state index contributed by atoms with van der Waals surface area (Å²) in [7, 11) is 0. The number of aryl methyl sites for hydroxylation is 2. The highest BCUT2D eigenvalue weighted by Gasteiger charge is 2.25. The fraction of sp³-hybridized carbons (Fsp3) is 0.346. The maximum atomic E-state index is 13.6. The van der Waals surface area contributed by atoms with Crippen molar-refractivity contribution in [3.63, 3.8) is 0 Å². The molecule has 1 saturated heterocycles. The highest BCUT2D eigenvalue weighted by atomic mass is 32.2. The number of piperazine rings is 1. The molecule has 1 amide bonds. The van der Waals surface area contributed by atoms with Crippen molar-refractivity contribution < 1.29 is 9.21 Å². The third-order valence-electron chi connectivity index (χ3n) is 6.76. The number of amides is 1. The minimum Gasteiger partial charge on any atom is -0.467 e. The molecule has 1 aliphatic heterocycles. The first-order valence-electron chi connectivity index (χ1n) is 12.0. The molecule has 9 heteroatoms. The number of hydrogen-bond donors (Lipinski definition) is 0. The zero-order valence-electron chi connectivity index (χ0n) is 19.3. The van der Waals surface area contributed by atoms with E-state index in [4.69, 9.17) is 9.40 Å². The van der Waals surface area contributed by atoms with Crippen LogP contribution >= 0.6 is 23.1 Å². The molecule has 0 unspecified atom stereocenters. The minimum atomic E-state index is -0.0303. The van der Waals surface area contributed by atoms with Crippen LogP contribution in [0.5, 0.6) is 0 Å². The molecule has 0 radical (unpaired) electrons. The highest BCUT2D eigenvalue weighted by Crippen LogP contribution is 2.35. The molecular formula is C26H26N4O3S2. The van der Waals surface area contributed by atoms with E-state index >= 15 is 0 Å². The third-order valence-corrected chi connectivity index (χ3v) is 8.91. The number of carbonyl (C=O) groups is 1. The SMILES string of the molecule is O=C(CSc1nc2sc3c(c2c(=O)n1Cc1ccco1)CCC3)N1CCN(c2ccccc2)CC1. The van der Waals surface area contributed by atoms with E-state index in [0.29, 0.717) is 30.6 Å². The van der Waals surface area contributed by atoms with Crippen LogP contribution in [-0.2, 0) is 24.2 Å². The average molecular weight is 507 g/mol. The molecule has 4 heterocycles. The Hall–Kier alpha value is -3.04. The van der Waals surface area contributed by atoms with E-state index in [0.717, 1.165) is 42.6 Å². The lowest BCUT2D eigenvalue weighted by Gasteiger charge is -2.36. The Kier molecular flexibility index (Phi) is 6.12. The van der Waals surface area contributed by atoms with Crippen LogP contribution in [0.2, 0.25) is 0 Å². The molecular weight excluding hydrogens is 480 g/mol. The van der Waals surface area contributed by atoms with Crippen molar-refractivity contribution >= 4 is 44.9 Å². The van der Waals surface area contributed by atoms with Gasteiger partial charge in [0, 0.05) is 36.7 Å². The van der Waals surface area contributed by atoms with Crippen LogP contribution in [0.4, 0.5) is 5.69 Å². The minimum absolute atomic E-state index is 0.0303. The van der Waals surface area contributed by atoms with Crippen molar-refractivity contribution in [1.29, 1.82) is 0 Å². The van der Waals surface area contributed by atoms with Crippen molar-refractivity contribution in [2.24, 2.45) is 0 Å². The molecule has 4 aromatic rings. The van der Waals surface area contributed by atoms with Gasteiger partial charge in [0.05, 0.1) is 23.9 Å². The van der Waals surface area contributed by atoms with Crippen LogP contribution in [0.1, 0.15) is 22.6 Å². The Balaban J connectivity index is 1.20. The van der Waals surface area contributed by atoms with Gasteiger partial charge in [0.2, 0.25) is 5.91 Å². The first-order valence-corrected chi connectivity index (χ1v) is 13.8. The maximum Gasteiger partial charge on any atom is 0.263 e. The maximum absolute atomic E-state index is 13.6. The number of thiophene rings is 1. The van der Waals surface area contributed by atoms with E-state index in [1.807, 2.05) is 35.2 Å². The van der Waals surface area contributed by atoms with Crippen molar-refractivity contribution in [2.75, 3.05) is 36.8 Å². The van der Waals surface area contributed by atoms with Gasteiger partial charge in [-0.3, -0.25) is 14.2 Å². The Morgan fingerprint density at radius 1 is 1.06 bits per heavy atom. The van der Waals surface area contributed by atoms with Crippen molar-refractivity contribution in [2.45, 2.75) is 31.0 Å². The predicted molar refractivity (Wildman–Crippen MR) is 140 cm³/mol. The van der Waals surface area contributed by atoms with E-state index in [-0.39, 0.29) is 17.2 Å². The summed E-state index contributed by atoms with van der Waals surface area (Å²) in [6.45, 7) is 3.32. The summed E-state index contributed by atoms with van der Waals surface area (Å²) >= 11 is 2.98.